The van der Waals surface area contributed by atoms with Crippen LogP contribution in [0.15, 0.2) is 0 Å². The molecule has 1 rings (SSSR count). The van der Waals surface area contributed by atoms with Crippen molar-refractivity contribution >= 4 is 5.97 Å². The molecule has 70 valence electrons. The number of ether oxygens (including phenoxy) is 2. The molecule has 0 atom stereocenters. The molecular formula is C8H14O4. The first kappa shape index (κ1) is 9.48. The van der Waals surface area contributed by atoms with Crippen LogP contribution in [0.4, 0.5) is 0 Å². The van der Waals surface area contributed by atoms with E-state index in [-0.39, 0.29) is 18.8 Å². The first-order chi connectivity index (χ1) is 5.72. The minimum Gasteiger partial charge on any atom is -0.480 e. The lowest BCUT2D eigenvalue weighted by atomic mass is 9.92. The molecule has 0 radical (unpaired) electrons. The van der Waals surface area contributed by atoms with Crippen LogP contribution < -0.4 is 0 Å². The molecule has 0 aromatic rings. The van der Waals surface area contributed by atoms with Crippen LogP contribution in [0, 0.1) is 0 Å². The molecule has 0 saturated heterocycles. The molecule has 1 aliphatic rings. The molecule has 1 N–H and O–H groups in total. The van der Waals surface area contributed by atoms with Gasteiger partial charge < -0.3 is 14.6 Å². The van der Waals surface area contributed by atoms with Gasteiger partial charge >= 0.3 is 5.97 Å². The van der Waals surface area contributed by atoms with E-state index in [0.717, 1.165) is 19.4 Å². The van der Waals surface area contributed by atoms with Gasteiger partial charge in [0, 0.05) is 6.61 Å². The maximum absolute atomic E-state index is 10.1. The second kappa shape index (κ2) is 4.42. The van der Waals surface area contributed by atoms with Crippen molar-refractivity contribution in [3.05, 3.63) is 0 Å². The first-order valence-electron chi connectivity index (χ1n) is 4.17. The molecule has 1 aliphatic carbocycles. The topological polar surface area (TPSA) is 55.8 Å². The smallest absolute Gasteiger partial charge is 0.329 e. The molecule has 4 nitrogen and oxygen atoms in total. The summed E-state index contributed by atoms with van der Waals surface area (Å²) < 4.78 is 10.3. The van der Waals surface area contributed by atoms with Crippen molar-refractivity contribution in [1.29, 1.82) is 0 Å². The molecule has 4 heteroatoms. The number of rotatable bonds is 5. The van der Waals surface area contributed by atoms with Gasteiger partial charge in [0.15, 0.2) is 0 Å². The lowest BCUT2D eigenvalue weighted by molar-refractivity contribution is -0.152. The number of carboxylic acid groups (broad SMARTS) is 1. The Kier molecular flexibility index (Phi) is 3.49. The number of carboxylic acids is 1. The third-order valence-electron chi connectivity index (χ3n) is 1.90. The van der Waals surface area contributed by atoms with Crippen LogP contribution in [-0.2, 0) is 14.3 Å². The van der Waals surface area contributed by atoms with Crippen molar-refractivity contribution < 1.29 is 19.4 Å². The fourth-order valence-electron chi connectivity index (χ4n) is 1.21. The summed E-state index contributed by atoms with van der Waals surface area (Å²) >= 11 is 0. The van der Waals surface area contributed by atoms with Gasteiger partial charge in [-0.25, -0.2) is 4.79 Å². The van der Waals surface area contributed by atoms with Crippen LogP contribution >= 0.6 is 0 Å². The molecule has 1 saturated carbocycles. The number of hydrogen-bond donors (Lipinski definition) is 1. The van der Waals surface area contributed by atoms with E-state index in [1.54, 1.807) is 0 Å². The molecule has 0 aromatic heterocycles. The molecule has 0 aliphatic heterocycles. The SMILES string of the molecule is CCOC1CC(OCC(=O)O)C1. The summed E-state index contributed by atoms with van der Waals surface area (Å²) in [6, 6.07) is 0. The van der Waals surface area contributed by atoms with E-state index in [2.05, 4.69) is 0 Å². The van der Waals surface area contributed by atoms with Gasteiger partial charge in [-0.15, -0.1) is 0 Å². The van der Waals surface area contributed by atoms with Crippen molar-refractivity contribution in [2.45, 2.75) is 32.0 Å². The van der Waals surface area contributed by atoms with Gasteiger partial charge in [-0.2, -0.15) is 0 Å². The minimum atomic E-state index is -0.908. The van der Waals surface area contributed by atoms with Crippen molar-refractivity contribution in [3.63, 3.8) is 0 Å². The number of carbonyl (C=O) groups is 1. The molecule has 12 heavy (non-hydrogen) atoms. The summed E-state index contributed by atoms with van der Waals surface area (Å²) in [4.78, 5) is 10.1. The van der Waals surface area contributed by atoms with Crippen molar-refractivity contribution in [2.75, 3.05) is 13.2 Å². The summed E-state index contributed by atoms with van der Waals surface area (Å²) in [5, 5.41) is 8.29. The van der Waals surface area contributed by atoms with Crippen molar-refractivity contribution in [2.24, 2.45) is 0 Å². The Morgan fingerprint density at radius 2 is 2.00 bits per heavy atom. The molecular weight excluding hydrogens is 160 g/mol. The van der Waals surface area contributed by atoms with Crippen LogP contribution in [0.5, 0.6) is 0 Å². The van der Waals surface area contributed by atoms with E-state index in [9.17, 15) is 4.79 Å². The van der Waals surface area contributed by atoms with Crippen molar-refractivity contribution in [1.82, 2.24) is 0 Å². The second-order valence-corrected chi connectivity index (χ2v) is 2.88. The normalized spacial score (nSPS) is 28.1. The highest BCUT2D eigenvalue weighted by Crippen LogP contribution is 2.25. The quantitative estimate of drug-likeness (QED) is 0.665. The standard InChI is InChI=1S/C8H14O4/c1-2-11-6-3-7(4-6)12-5-8(9)10/h6-7H,2-5H2,1H3,(H,9,10). The van der Waals surface area contributed by atoms with Crippen molar-refractivity contribution in [3.8, 4) is 0 Å². The van der Waals surface area contributed by atoms with Gasteiger partial charge in [0.1, 0.15) is 6.61 Å². The highest BCUT2D eigenvalue weighted by Gasteiger charge is 2.30. The lowest BCUT2D eigenvalue weighted by Crippen LogP contribution is -2.38. The monoisotopic (exact) mass is 174 g/mol. The Morgan fingerprint density at radius 3 is 2.50 bits per heavy atom. The maximum atomic E-state index is 10.1. The van der Waals surface area contributed by atoms with E-state index in [1.807, 2.05) is 6.92 Å². The molecule has 0 heterocycles. The third kappa shape index (κ3) is 2.79. The molecule has 1 fully saturated rings. The number of aliphatic carboxylic acids is 1. The Bertz CT molecular complexity index is 151. The van der Waals surface area contributed by atoms with Crippen LogP contribution in [0.2, 0.25) is 0 Å². The van der Waals surface area contributed by atoms with E-state index in [0.29, 0.717) is 0 Å². The minimum absolute atomic E-state index is 0.0950. The van der Waals surface area contributed by atoms with Crippen LogP contribution in [-0.4, -0.2) is 36.5 Å². The second-order valence-electron chi connectivity index (χ2n) is 2.88. The first-order valence-corrected chi connectivity index (χ1v) is 4.17. The van der Waals surface area contributed by atoms with E-state index < -0.39 is 5.97 Å². The highest BCUT2D eigenvalue weighted by molar-refractivity contribution is 5.68. The van der Waals surface area contributed by atoms with Gasteiger partial charge in [-0.05, 0) is 19.8 Å². The molecule has 0 unspecified atom stereocenters. The van der Waals surface area contributed by atoms with Gasteiger partial charge in [0.25, 0.3) is 0 Å². The average molecular weight is 174 g/mol. The van der Waals surface area contributed by atoms with Gasteiger partial charge in [0.05, 0.1) is 12.2 Å². The van der Waals surface area contributed by atoms with Crippen LogP contribution in [0.1, 0.15) is 19.8 Å². The van der Waals surface area contributed by atoms with E-state index in [1.165, 1.54) is 0 Å². The van der Waals surface area contributed by atoms with Gasteiger partial charge in [0.2, 0.25) is 0 Å². The maximum Gasteiger partial charge on any atom is 0.329 e. The molecule has 0 spiro atoms. The zero-order valence-electron chi connectivity index (χ0n) is 7.16. The Morgan fingerprint density at radius 1 is 1.42 bits per heavy atom. The molecule has 0 amide bonds. The zero-order valence-corrected chi connectivity index (χ0v) is 7.16. The summed E-state index contributed by atoms with van der Waals surface area (Å²) in [6.45, 7) is 2.48. The summed E-state index contributed by atoms with van der Waals surface area (Å²) in [5.74, 6) is -0.908. The highest BCUT2D eigenvalue weighted by atomic mass is 16.5. The summed E-state index contributed by atoms with van der Waals surface area (Å²) in [6.07, 6.45) is 2.05. The Hall–Kier alpha value is -0.610. The summed E-state index contributed by atoms with van der Waals surface area (Å²) in [7, 11) is 0. The third-order valence-corrected chi connectivity index (χ3v) is 1.90. The van der Waals surface area contributed by atoms with E-state index in [4.69, 9.17) is 14.6 Å². The fraction of sp³-hybridized carbons (Fsp3) is 0.875. The van der Waals surface area contributed by atoms with E-state index >= 15 is 0 Å². The Labute approximate surface area is 71.5 Å². The zero-order chi connectivity index (χ0) is 8.97. The number of hydrogen-bond acceptors (Lipinski definition) is 3. The van der Waals surface area contributed by atoms with Gasteiger partial charge in [-0.3, -0.25) is 0 Å². The lowest BCUT2D eigenvalue weighted by Gasteiger charge is -2.34. The Balaban J connectivity index is 1.98. The predicted octanol–water partition coefficient (Wildman–Crippen LogP) is 0.655. The average Bonchev–Trinajstić information content (AvgIpc) is 1.93. The van der Waals surface area contributed by atoms with Gasteiger partial charge in [-0.1, -0.05) is 0 Å². The van der Waals surface area contributed by atoms with Crippen LogP contribution in [0.3, 0.4) is 0 Å². The largest absolute Gasteiger partial charge is 0.480 e. The molecule has 0 aromatic carbocycles. The van der Waals surface area contributed by atoms with Crippen LogP contribution in [0.25, 0.3) is 0 Å². The fourth-order valence-corrected chi connectivity index (χ4v) is 1.21. The summed E-state index contributed by atoms with van der Waals surface area (Å²) in [5.41, 5.74) is 0. The molecule has 0 bridgehead atoms. The predicted molar refractivity (Wildman–Crippen MR) is 42.0 cm³/mol.